The van der Waals surface area contributed by atoms with Gasteiger partial charge in [-0.1, -0.05) is 42.5 Å². The van der Waals surface area contributed by atoms with E-state index in [4.69, 9.17) is 4.74 Å². The second-order valence-corrected chi connectivity index (χ2v) is 6.63. The molecule has 3 rings (SSSR count). The van der Waals surface area contributed by atoms with Gasteiger partial charge in [0.1, 0.15) is 11.3 Å². The molecule has 5 nitrogen and oxygen atoms in total. The first-order chi connectivity index (χ1) is 12.7. The zero-order chi connectivity index (χ0) is 18.4. The van der Waals surface area contributed by atoms with Gasteiger partial charge in [0.05, 0.1) is 19.1 Å². The maximum atomic E-state index is 12.1. The van der Waals surface area contributed by atoms with Crippen LogP contribution in [0.3, 0.4) is 0 Å². The minimum Gasteiger partial charge on any atom is -0.494 e. The summed E-state index contributed by atoms with van der Waals surface area (Å²) < 4.78 is 5.39. The van der Waals surface area contributed by atoms with Gasteiger partial charge >= 0.3 is 0 Å². The summed E-state index contributed by atoms with van der Waals surface area (Å²) in [7, 11) is 1.63. The van der Waals surface area contributed by atoms with Crippen molar-refractivity contribution in [1.29, 1.82) is 0 Å². The number of hydrogen-bond acceptors (Lipinski definition) is 5. The monoisotopic (exact) mass is 365 g/mol. The number of methoxy groups -OCH3 is 1. The van der Waals surface area contributed by atoms with Gasteiger partial charge in [0, 0.05) is 16.0 Å². The van der Waals surface area contributed by atoms with Crippen molar-refractivity contribution in [3.63, 3.8) is 0 Å². The minimum atomic E-state index is -0.160. The lowest BCUT2D eigenvalue weighted by atomic mass is 10.2. The number of aryl methyl sites for hydroxylation is 1. The van der Waals surface area contributed by atoms with E-state index < -0.39 is 0 Å². The summed E-state index contributed by atoms with van der Waals surface area (Å²) in [5, 5.41) is 4.96. The third-order valence-electron chi connectivity index (χ3n) is 3.67. The first-order valence-corrected chi connectivity index (χ1v) is 9.10. The fraction of sp³-hybridized carbons (Fsp3) is 0.150. The molecule has 6 heteroatoms. The van der Waals surface area contributed by atoms with Crippen LogP contribution >= 0.6 is 11.8 Å². The maximum absolute atomic E-state index is 12.1. The Morgan fingerprint density at radius 3 is 2.81 bits per heavy atom. The summed E-state index contributed by atoms with van der Waals surface area (Å²) in [5.41, 5.74) is 5.18. The number of pyridine rings is 1. The lowest BCUT2D eigenvalue weighted by Gasteiger charge is -2.10. The molecule has 1 heterocycles. The molecular formula is C20H19N3O2S. The molecule has 0 atom stereocenters. The number of benzene rings is 2. The van der Waals surface area contributed by atoms with E-state index in [0.717, 1.165) is 32.8 Å². The van der Waals surface area contributed by atoms with Crippen LogP contribution in [0.1, 0.15) is 11.3 Å². The molecule has 0 aliphatic heterocycles. The predicted octanol–water partition coefficient (Wildman–Crippen LogP) is 3.79. The molecule has 1 aromatic heterocycles. The molecule has 0 saturated carbocycles. The number of thioether (sulfide) groups is 1. The van der Waals surface area contributed by atoms with Crippen LogP contribution in [0.4, 0.5) is 0 Å². The molecule has 2 aromatic carbocycles. The highest BCUT2D eigenvalue weighted by atomic mass is 32.2. The van der Waals surface area contributed by atoms with E-state index in [0.29, 0.717) is 0 Å². The van der Waals surface area contributed by atoms with E-state index in [1.165, 1.54) is 11.8 Å². The van der Waals surface area contributed by atoms with Crippen LogP contribution in [0, 0.1) is 6.92 Å². The summed E-state index contributed by atoms with van der Waals surface area (Å²) in [6.45, 7) is 1.93. The number of carbonyl (C=O) groups excluding carboxylic acids is 1. The molecule has 132 valence electrons. The van der Waals surface area contributed by atoms with E-state index >= 15 is 0 Å². The van der Waals surface area contributed by atoms with Crippen LogP contribution in [0.25, 0.3) is 10.9 Å². The zero-order valence-corrected chi connectivity index (χ0v) is 15.4. The van der Waals surface area contributed by atoms with Crippen molar-refractivity contribution in [2.75, 3.05) is 12.9 Å². The maximum Gasteiger partial charge on any atom is 0.250 e. The van der Waals surface area contributed by atoms with Crippen LogP contribution in [0.2, 0.25) is 0 Å². The molecule has 0 aliphatic rings. The van der Waals surface area contributed by atoms with Crippen molar-refractivity contribution >= 4 is 34.8 Å². The largest absolute Gasteiger partial charge is 0.494 e. The van der Waals surface area contributed by atoms with Crippen molar-refractivity contribution in [3.8, 4) is 5.75 Å². The summed E-state index contributed by atoms with van der Waals surface area (Å²) in [6.07, 6.45) is 1.62. The number of aromatic nitrogens is 1. The van der Waals surface area contributed by atoms with Gasteiger partial charge in [-0.05, 0) is 24.6 Å². The molecule has 0 aliphatic carbocycles. The van der Waals surface area contributed by atoms with Crippen molar-refractivity contribution in [2.45, 2.75) is 11.8 Å². The fourth-order valence-electron chi connectivity index (χ4n) is 2.49. The Kier molecular flexibility index (Phi) is 5.86. The Labute approximate surface area is 156 Å². The fourth-order valence-corrected chi connectivity index (χ4v) is 3.42. The summed E-state index contributed by atoms with van der Waals surface area (Å²) >= 11 is 1.46. The highest BCUT2D eigenvalue weighted by Gasteiger charge is 2.10. The Balaban J connectivity index is 1.67. The van der Waals surface area contributed by atoms with Gasteiger partial charge in [-0.15, -0.1) is 11.8 Å². The number of para-hydroxylation sites is 1. The van der Waals surface area contributed by atoms with Crippen LogP contribution in [-0.2, 0) is 4.79 Å². The molecular weight excluding hydrogens is 346 g/mol. The van der Waals surface area contributed by atoms with Gasteiger partial charge in [-0.2, -0.15) is 5.10 Å². The first-order valence-electron chi connectivity index (χ1n) is 8.11. The Morgan fingerprint density at radius 1 is 1.23 bits per heavy atom. The SMILES string of the molecule is COc1cccc2c(SCC(=O)N/N=C\c3ccccc3)cc(C)nc12. The number of hydrogen-bond donors (Lipinski definition) is 1. The van der Waals surface area contributed by atoms with Crippen molar-refractivity contribution in [2.24, 2.45) is 5.10 Å². The molecule has 0 radical (unpaired) electrons. The summed E-state index contributed by atoms with van der Waals surface area (Å²) in [5.74, 6) is 0.833. The number of carbonyl (C=O) groups is 1. The van der Waals surface area contributed by atoms with Crippen LogP contribution in [-0.4, -0.2) is 30.0 Å². The van der Waals surface area contributed by atoms with Gasteiger partial charge in [-0.25, -0.2) is 10.4 Å². The Morgan fingerprint density at radius 2 is 2.04 bits per heavy atom. The van der Waals surface area contributed by atoms with Gasteiger partial charge in [-0.3, -0.25) is 4.79 Å². The number of ether oxygens (including phenoxy) is 1. The van der Waals surface area contributed by atoms with Gasteiger partial charge in [0.2, 0.25) is 5.91 Å². The Hall–Kier alpha value is -2.86. The standard InChI is InChI=1S/C20H19N3O2S/c1-14-11-18(16-9-6-10-17(25-2)20(16)22-14)26-13-19(24)23-21-12-15-7-4-3-5-8-15/h3-12H,13H2,1-2H3,(H,23,24)/b21-12-. The number of nitrogens with zero attached hydrogens (tertiary/aromatic N) is 2. The average molecular weight is 365 g/mol. The molecule has 1 N–H and O–H groups in total. The van der Waals surface area contributed by atoms with E-state index in [9.17, 15) is 4.79 Å². The number of amides is 1. The predicted molar refractivity (Wildman–Crippen MR) is 106 cm³/mol. The summed E-state index contributed by atoms with van der Waals surface area (Å²) in [4.78, 5) is 17.6. The number of fused-ring (bicyclic) bond motifs is 1. The van der Waals surface area contributed by atoms with Crippen LogP contribution < -0.4 is 10.2 Å². The van der Waals surface area contributed by atoms with Crippen molar-refractivity contribution in [1.82, 2.24) is 10.4 Å². The second kappa shape index (κ2) is 8.49. The van der Waals surface area contributed by atoms with Crippen molar-refractivity contribution in [3.05, 3.63) is 65.9 Å². The number of hydrazone groups is 1. The first kappa shape index (κ1) is 17.9. The van der Waals surface area contributed by atoms with Gasteiger partial charge in [0.15, 0.2) is 0 Å². The molecule has 26 heavy (non-hydrogen) atoms. The number of rotatable bonds is 6. The molecule has 1 amide bonds. The molecule has 0 fully saturated rings. The third-order valence-corrected chi connectivity index (χ3v) is 4.73. The highest BCUT2D eigenvalue weighted by molar-refractivity contribution is 8.00. The van der Waals surface area contributed by atoms with Crippen LogP contribution in [0.5, 0.6) is 5.75 Å². The normalized spacial score (nSPS) is 11.0. The van der Waals surface area contributed by atoms with Gasteiger partial charge in [0.25, 0.3) is 0 Å². The quantitative estimate of drug-likeness (QED) is 0.410. The second-order valence-electron chi connectivity index (χ2n) is 5.61. The van der Waals surface area contributed by atoms with Gasteiger partial charge < -0.3 is 4.74 Å². The lowest BCUT2D eigenvalue weighted by Crippen LogP contribution is -2.19. The van der Waals surface area contributed by atoms with E-state index in [-0.39, 0.29) is 11.7 Å². The molecule has 3 aromatic rings. The van der Waals surface area contributed by atoms with E-state index in [1.807, 2.05) is 61.5 Å². The lowest BCUT2D eigenvalue weighted by molar-refractivity contribution is -0.118. The zero-order valence-electron chi connectivity index (χ0n) is 14.6. The van der Waals surface area contributed by atoms with E-state index in [1.54, 1.807) is 13.3 Å². The highest BCUT2D eigenvalue weighted by Crippen LogP contribution is 2.32. The number of nitrogens with one attached hydrogen (secondary N) is 1. The molecule has 0 spiro atoms. The summed E-state index contributed by atoms with van der Waals surface area (Å²) in [6, 6.07) is 17.4. The third kappa shape index (κ3) is 4.40. The minimum absolute atomic E-state index is 0.160. The Bertz CT molecular complexity index is 942. The van der Waals surface area contributed by atoms with E-state index in [2.05, 4.69) is 15.5 Å². The van der Waals surface area contributed by atoms with Crippen molar-refractivity contribution < 1.29 is 9.53 Å². The average Bonchev–Trinajstić information content (AvgIpc) is 2.66. The molecule has 0 bridgehead atoms. The molecule has 0 saturated heterocycles. The molecule has 0 unspecified atom stereocenters. The topological polar surface area (TPSA) is 63.6 Å². The smallest absolute Gasteiger partial charge is 0.250 e. The van der Waals surface area contributed by atoms with Crippen LogP contribution in [0.15, 0.2) is 64.6 Å².